The van der Waals surface area contributed by atoms with Gasteiger partial charge in [0.25, 0.3) is 0 Å². The first-order valence-electron chi connectivity index (χ1n) is 20.1. The van der Waals surface area contributed by atoms with Crippen molar-refractivity contribution in [3.05, 3.63) is 198 Å². The third-order valence-corrected chi connectivity index (χ3v) is 13.0. The van der Waals surface area contributed by atoms with E-state index in [0.717, 1.165) is 50.1 Å². The van der Waals surface area contributed by atoms with Crippen molar-refractivity contribution in [1.82, 2.24) is 0 Å². The molecular weight excluding hydrogens is 691 g/mol. The van der Waals surface area contributed by atoms with E-state index in [0.29, 0.717) is 0 Å². The van der Waals surface area contributed by atoms with Gasteiger partial charge >= 0.3 is 0 Å². The number of rotatable bonds is 5. The number of hydrogen-bond donors (Lipinski definition) is 0. The van der Waals surface area contributed by atoms with Gasteiger partial charge in [-0.2, -0.15) is 0 Å². The summed E-state index contributed by atoms with van der Waals surface area (Å²) < 4.78 is 6.59. The first kappa shape index (κ1) is 33.7. The molecule has 0 aliphatic heterocycles. The van der Waals surface area contributed by atoms with Crippen molar-refractivity contribution < 1.29 is 4.42 Å². The Hall–Kier alpha value is -6.64. The van der Waals surface area contributed by atoms with Crippen molar-refractivity contribution in [2.75, 3.05) is 4.90 Å². The predicted molar refractivity (Wildman–Crippen MR) is 239 cm³/mol. The van der Waals surface area contributed by atoms with E-state index in [9.17, 15) is 0 Å². The van der Waals surface area contributed by atoms with E-state index in [1.165, 1.54) is 61.2 Å². The minimum atomic E-state index is -0.136. The van der Waals surface area contributed by atoms with Crippen LogP contribution >= 0.6 is 0 Å². The fourth-order valence-corrected chi connectivity index (χ4v) is 10.1. The van der Waals surface area contributed by atoms with Gasteiger partial charge in [-0.3, -0.25) is 0 Å². The molecule has 0 saturated carbocycles. The van der Waals surface area contributed by atoms with E-state index >= 15 is 0 Å². The van der Waals surface area contributed by atoms with E-state index in [4.69, 9.17) is 4.42 Å². The van der Waals surface area contributed by atoms with Gasteiger partial charge < -0.3 is 9.32 Å². The van der Waals surface area contributed by atoms with Gasteiger partial charge in [-0.05, 0) is 111 Å². The summed E-state index contributed by atoms with van der Waals surface area (Å²) in [6.45, 7) is 11.7. The number of para-hydroxylation sites is 2. The molecule has 274 valence electrons. The average Bonchev–Trinajstić information content (AvgIpc) is 3.81. The van der Waals surface area contributed by atoms with Gasteiger partial charge in [0.1, 0.15) is 11.2 Å². The van der Waals surface area contributed by atoms with Gasteiger partial charge in [-0.15, -0.1) is 0 Å². The Bertz CT molecular complexity index is 3000. The zero-order valence-corrected chi connectivity index (χ0v) is 33.0. The van der Waals surface area contributed by atoms with Crippen LogP contribution in [0.2, 0.25) is 0 Å². The second kappa shape index (κ2) is 12.2. The molecule has 0 saturated heterocycles. The molecule has 8 aromatic carbocycles. The van der Waals surface area contributed by atoms with E-state index in [1.54, 1.807) is 0 Å². The number of aryl methyl sites for hydroxylation is 1. The van der Waals surface area contributed by atoms with Crippen molar-refractivity contribution >= 4 is 39.0 Å². The van der Waals surface area contributed by atoms with Gasteiger partial charge in [-0.1, -0.05) is 155 Å². The molecule has 2 nitrogen and oxygen atoms in total. The van der Waals surface area contributed by atoms with Gasteiger partial charge in [0, 0.05) is 44.1 Å². The quantitative estimate of drug-likeness (QED) is 0.175. The molecule has 2 aliphatic carbocycles. The molecule has 0 N–H and O–H groups in total. The van der Waals surface area contributed by atoms with Gasteiger partial charge in [-0.25, -0.2) is 0 Å². The first-order chi connectivity index (χ1) is 27.7. The minimum absolute atomic E-state index is 0.136. The van der Waals surface area contributed by atoms with Crippen LogP contribution in [0.4, 0.5) is 17.1 Å². The number of benzene rings is 8. The topological polar surface area (TPSA) is 16.4 Å². The predicted octanol–water partition coefficient (Wildman–Crippen LogP) is 15.3. The highest BCUT2D eigenvalue weighted by atomic mass is 16.3. The molecule has 0 atom stereocenters. The number of fused-ring (bicyclic) bond motifs is 9. The van der Waals surface area contributed by atoms with E-state index in [2.05, 4.69) is 203 Å². The Kier molecular flexibility index (Phi) is 7.20. The van der Waals surface area contributed by atoms with Crippen molar-refractivity contribution in [2.24, 2.45) is 0 Å². The standard InChI is InChI=1S/C55H43NO/c1-34-15-6-7-16-38(34)46-31-35(39-20-14-21-45-44-19-10-13-24-52(44)57-53(39)45)25-30-51(46)56(36-26-28-42-40-17-8-11-22-47(40)54(2,3)49(42)32-36)37-27-29-43-41-18-9-12-23-48(41)55(4,5)50(43)33-37/h6-33H,1-5H3. The second-order valence-electron chi connectivity index (χ2n) is 17.0. The largest absolute Gasteiger partial charge is 0.455 e. The molecule has 0 amide bonds. The Morgan fingerprint density at radius 3 is 1.58 bits per heavy atom. The molecule has 11 rings (SSSR count). The highest BCUT2D eigenvalue weighted by Crippen LogP contribution is 2.54. The zero-order valence-electron chi connectivity index (χ0n) is 33.0. The summed E-state index contributed by atoms with van der Waals surface area (Å²) in [7, 11) is 0. The van der Waals surface area contributed by atoms with Crippen LogP contribution in [0.1, 0.15) is 55.5 Å². The molecule has 57 heavy (non-hydrogen) atoms. The zero-order chi connectivity index (χ0) is 38.6. The maximum Gasteiger partial charge on any atom is 0.143 e. The minimum Gasteiger partial charge on any atom is -0.455 e. The average molecular weight is 734 g/mol. The van der Waals surface area contributed by atoms with Crippen molar-refractivity contribution in [3.8, 4) is 44.5 Å². The van der Waals surface area contributed by atoms with Gasteiger partial charge in [0.15, 0.2) is 0 Å². The van der Waals surface area contributed by atoms with Crippen molar-refractivity contribution in [1.29, 1.82) is 0 Å². The van der Waals surface area contributed by atoms with E-state index < -0.39 is 0 Å². The van der Waals surface area contributed by atoms with Crippen LogP contribution in [-0.2, 0) is 10.8 Å². The van der Waals surface area contributed by atoms with Crippen LogP contribution in [0.25, 0.3) is 66.4 Å². The Morgan fingerprint density at radius 2 is 0.930 bits per heavy atom. The SMILES string of the molecule is Cc1ccccc1-c1cc(-c2cccc3c2oc2ccccc23)ccc1N(c1ccc2c(c1)C(C)(C)c1ccccc1-2)c1ccc2c(c1)C(C)(C)c1ccccc1-2. The summed E-state index contributed by atoms with van der Waals surface area (Å²) in [6, 6.07) is 62.7. The lowest BCUT2D eigenvalue weighted by Crippen LogP contribution is -2.18. The lowest BCUT2D eigenvalue weighted by molar-refractivity contribution is 0.660. The van der Waals surface area contributed by atoms with Crippen LogP contribution in [0.5, 0.6) is 0 Å². The van der Waals surface area contributed by atoms with Gasteiger partial charge in [0.2, 0.25) is 0 Å². The molecule has 1 aromatic heterocycles. The monoisotopic (exact) mass is 733 g/mol. The fraction of sp³-hybridized carbons (Fsp3) is 0.127. The lowest BCUT2D eigenvalue weighted by Gasteiger charge is -2.31. The first-order valence-corrected chi connectivity index (χ1v) is 20.1. The third kappa shape index (κ3) is 4.90. The molecule has 2 heteroatoms. The maximum atomic E-state index is 6.59. The third-order valence-electron chi connectivity index (χ3n) is 13.0. The Morgan fingerprint density at radius 1 is 0.404 bits per heavy atom. The van der Waals surface area contributed by atoms with Crippen LogP contribution in [-0.4, -0.2) is 0 Å². The summed E-state index contributed by atoms with van der Waals surface area (Å²) in [5.74, 6) is 0. The normalized spacial score (nSPS) is 14.3. The molecule has 2 aliphatic rings. The molecule has 0 radical (unpaired) electrons. The Balaban J connectivity index is 1.17. The number of nitrogens with zero attached hydrogens (tertiary/aromatic N) is 1. The molecule has 0 fully saturated rings. The summed E-state index contributed by atoms with van der Waals surface area (Å²) >= 11 is 0. The highest BCUT2D eigenvalue weighted by molar-refractivity contribution is 6.10. The lowest BCUT2D eigenvalue weighted by atomic mass is 9.82. The molecular formula is C55H43NO. The molecule has 9 aromatic rings. The fourth-order valence-electron chi connectivity index (χ4n) is 10.1. The summed E-state index contributed by atoms with van der Waals surface area (Å²) in [5.41, 5.74) is 21.6. The van der Waals surface area contributed by atoms with Crippen LogP contribution in [0, 0.1) is 6.92 Å². The Labute approximate surface area is 334 Å². The van der Waals surface area contributed by atoms with E-state index in [-0.39, 0.29) is 10.8 Å². The van der Waals surface area contributed by atoms with E-state index in [1.807, 2.05) is 6.07 Å². The van der Waals surface area contributed by atoms with Gasteiger partial charge in [0.05, 0.1) is 5.69 Å². The van der Waals surface area contributed by atoms with Crippen molar-refractivity contribution in [3.63, 3.8) is 0 Å². The van der Waals surface area contributed by atoms with Crippen LogP contribution in [0.15, 0.2) is 174 Å². The van der Waals surface area contributed by atoms with Crippen LogP contribution in [0.3, 0.4) is 0 Å². The van der Waals surface area contributed by atoms with Crippen molar-refractivity contribution in [2.45, 2.75) is 45.4 Å². The molecule has 0 bridgehead atoms. The van der Waals surface area contributed by atoms with Crippen LogP contribution < -0.4 is 4.90 Å². The smallest absolute Gasteiger partial charge is 0.143 e. The number of anilines is 3. The molecule has 0 unspecified atom stereocenters. The summed E-state index contributed by atoms with van der Waals surface area (Å²) in [4.78, 5) is 2.51. The second-order valence-corrected chi connectivity index (χ2v) is 17.0. The highest BCUT2D eigenvalue weighted by Gasteiger charge is 2.38. The maximum absolute atomic E-state index is 6.59. The molecule has 1 heterocycles. The number of hydrogen-bond acceptors (Lipinski definition) is 2. The summed E-state index contributed by atoms with van der Waals surface area (Å²) in [6.07, 6.45) is 0. The summed E-state index contributed by atoms with van der Waals surface area (Å²) in [5, 5.41) is 2.27. The molecule has 0 spiro atoms. The number of furan rings is 1.